The number of aliphatic hydroxyl groups is 1. The molecule has 0 aromatic heterocycles. The molecule has 1 saturated heterocycles. The number of halogens is 1. The normalized spacial score (nSPS) is 17.5. The smallest absolute Gasteiger partial charge is 0.0656 e. The largest absolute Gasteiger partial charge is 0.398 e. The van der Waals surface area contributed by atoms with E-state index >= 15 is 0 Å². The maximum absolute atomic E-state index is 9.02. The predicted octanol–water partition coefficient (Wildman–Crippen LogP) is 1.74. The molecule has 0 unspecified atom stereocenters. The Bertz CT molecular complexity index is 439. The monoisotopic (exact) mass is 283 g/mol. The fourth-order valence-corrected chi connectivity index (χ4v) is 2.77. The molecular weight excluding hydrogens is 262 g/mol. The molecule has 5 heteroatoms. The molecule has 0 amide bonds. The van der Waals surface area contributed by atoms with Crippen LogP contribution >= 0.6 is 11.6 Å². The number of anilines is 2. The lowest BCUT2D eigenvalue weighted by atomic mass is 10.1. The highest BCUT2D eigenvalue weighted by Gasteiger charge is 2.17. The first-order chi connectivity index (χ1) is 9.11. The minimum Gasteiger partial charge on any atom is -0.398 e. The van der Waals surface area contributed by atoms with E-state index in [0.717, 1.165) is 44.7 Å². The molecule has 1 aliphatic rings. The third-order valence-electron chi connectivity index (χ3n) is 3.66. The van der Waals surface area contributed by atoms with Crippen molar-refractivity contribution in [3.8, 4) is 0 Å². The Labute approximate surface area is 119 Å². The van der Waals surface area contributed by atoms with Crippen LogP contribution in [0.2, 0.25) is 5.02 Å². The molecule has 0 bridgehead atoms. The Morgan fingerprint density at radius 1 is 1.26 bits per heavy atom. The van der Waals surface area contributed by atoms with Gasteiger partial charge < -0.3 is 15.7 Å². The van der Waals surface area contributed by atoms with Crippen molar-refractivity contribution in [1.82, 2.24) is 4.90 Å². The van der Waals surface area contributed by atoms with Crippen molar-refractivity contribution >= 4 is 23.0 Å². The zero-order chi connectivity index (χ0) is 13.8. The lowest BCUT2D eigenvalue weighted by Crippen LogP contribution is -2.32. The third kappa shape index (κ3) is 3.53. The molecule has 0 aliphatic carbocycles. The molecule has 19 heavy (non-hydrogen) atoms. The van der Waals surface area contributed by atoms with Gasteiger partial charge in [-0.15, -0.1) is 0 Å². The molecule has 106 valence electrons. The van der Waals surface area contributed by atoms with Crippen molar-refractivity contribution in [2.24, 2.45) is 0 Å². The average molecular weight is 284 g/mol. The molecule has 0 radical (unpaired) electrons. The number of β-amino-alcohol motifs (C(OH)–C–C–N with tert-alkyl or cyclic N) is 1. The first-order valence-electron chi connectivity index (χ1n) is 6.75. The second-order valence-electron chi connectivity index (χ2n) is 5.07. The Kier molecular flexibility index (Phi) is 4.91. The van der Waals surface area contributed by atoms with Crippen LogP contribution in [0.25, 0.3) is 0 Å². The molecule has 0 saturated carbocycles. The fourth-order valence-electron chi connectivity index (χ4n) is 2.61. The average Bonchev–Trinajstić information content (AvgIpc) is 2.60. The number of nitrogens with two attached hydrogens (primary N) is 1. The summed E-state index contributed by atoms with van der Waals surface area (Å²) in [6.45, 7) is 7.05. The first-order valence-corrected chi connectivity index (χ1v) is 7.13. The number of hydrogen-bond donors (Lipinski definition) is 2. The van der Waals surface area contributed by atoms with Crippen molar-refractivity contribution in [3.05, 3.63) is 22.7 Å². The van der Waals surface area contributed by atoms with Crippen molar-refractivity contribution < 1.29 is 5.11 Å². The number of nitrogen functional groups attached to an aromatic ring is 1. The van der Waals surface area contributed by atoms with Gasteiger partial charge in [-0.25, -0.2) is 0 Å². The first kappa shape index (κ1) is 14.4. The third-order valence-corrected chi connectivity index (χ3v) is 3.99. The highest BCUT2D eigenvalue weighted by Crippen LogP contribution is 2.29. The van der Waals surface area contributed by atoms with Crippen LogP contribution in [0.15, 0.2) is 12.1 Å². The summed E-state index contributed by atoms with van der Waals surface area (Å²) in [5.74, 6) is 0. The molecule has 2 rings (SSSR count). The van der Waals surface area contributed by atoms with E-state index in [2.05, 4.69) is 16.7 Å². The summed E-state index contributed by atoms with van der Waals surface area (Å²) in [7, 11) is 0. The lowest BCUT2D eigenvalue weighted by Gasteiger charge is -2.25. The van der Waals surface area contributed by atoms with E-state index in [-0.39, 0.29) is 6.61 Å². The Balaban J connectivity index is 2.12. The van der Waals surface area contributed by atoms with Gasteiger partial charge in [-0.3, -0.25) is 4.90 Å². The number of aliphatic hydroxyl groups excluding tert-OH is 1. The summed E-state index contributed by atoms with van der Waals surface area (Å²) in [6, 6.07) is 3.90. The quantitative estimate of drug-likeness (QED) is 0.830. The van der Waals surface area contributed by atoms with E-state index in [1.807, 2.05) is 12.1 Å². The zero-order valence-electron chi connectivity index (χ0n) is 11.4. The van der Waals surface area contributed by atoms with Crippen LogP contribution in [0, 0.1) is 6.92 Å². The molecule has 4 nitrogen and oxygen atoms in total. The molecule has 0 atom stereocenters. The number of aryl methyl sites for hydroxylation is 1. The van der Waals surface area contributed by atoms with E-state index in [1.165, 1.54) is 5.69 Å². The van der Waals surface area contributed by atoms with Crippen LogP contribution in [0.1, 0.15) is 12.0 Å². The number of nitrogens with zero attached hydrogens (tertiary/aromatic N) is 2. The SMILES string of the molecule is Cc1cc(N)c(Cl)cc1N1CCCN(CCO)CC1. The molecule has 1 aliphatic heterocycles. The molecule has 0 spiro atoms. The lowest BCUT2D eigenvalue weighted by molar-refractivity contribution is 0.204. The summed E-state index contributed by atoms with van der Waals surface area (Å²) in [4.78, 5) is 4.66. The van der Waals surface area contributed by atoms with Crippen LogP contribution in [-0.2, 0) is 0 Å². The van der Waals surface area contributed by atoms with Crippen molar-refractivity contribution in [2.45, 2.75) is 13.3 Å². The van der Waals surface area contributed by atoms with E-state index in [0.29, 0.717) is 10.7 Å². The van der Waals surface area contributed by atoms with Crippen LogP contribution in [-0.4, -0.2) is 49.3 Å². The van der Waals surface area contributed by atoms with Gasteiger partial charge in [0.05, 0.1) is 17.3 Å². The van der Waals surface area contributed by atoms with Gasteiger partial charge in [0, 0.05) is 31.9 Å². The maximum atomic E-state index is 9.02. The van der Waals surface area contributed by atoms with Crippen molar-refractivity contribution in [1.29, 1.82) is 0 Å². The highest BCUT2D eigenvalue weighted by atomic mass is 35.5. The number of hydrogen-bond acceptors (Lipinski definition) is 4. The summed E-state index contributed by atoms with van der Waals surface area (Å²) in [5, 5.41) is 9.64. The molecule has 1 fully saturated rings. The molecule has 1 heterocycles. The summed E-state index contributed by atoms with van der Waals surface area (Å²) in [5.41, 5.74) is 8.80. The Morgan fingerprint density at radius 3 is 2.79 bits per heavy atom. The van der Waals surface area contributed by atoms with Crippen LogP contribution in [0.3, 0.4) is 0 Å². The minimum absolute atomic E-state index is 0.229. The Morgan fingerprint density at radius 2 is 2.05 bits per heavy atom. The van der Waals surface area contributed by atoms with Gasteiger partial charge in [0.2, 0.25) is 0 Å². The van der Waals surface area contributed by atoms with Crippen molar-refractivity contribution in [3.63, 3.8) is 0 Å². The van der Waals surface area contributed by atoms with Gasteiger partial charge in [0.1, 0.15) is 0 Å². The van der Waals surface area contributed by atoms with Gasteiger partial charge in [-0.1, -0.05) is 11.6 Å². The second kappa shape index (κ2) is 6.46. The highest BCUT2D eigenvalue weighted by molar-refractivity contribution is 6.33. The summed E-state index contributed by atoms with van der Waals surface area (Å²) >= 11 is 6.13. The van der Waals surface area contributed by atoms with E-state index in [9.17, 15) is 0 Å². The van der Waals surface area contributed by atoms with E-state index < -0.39 is 0 Å². The number of rotatable bonds is 3. The Hall–Kier alpha value is -0.970. The molecular formula is C14H22ClN3O. The van der Waals surface area contributed by atoms with Crippen LogP contribution in [0.4, 0.5) is 11.4 Å². The van der Waals surface area contributed by atoms with Gasteiger partial charge in [0.15, 0.2) is 0 Å². The summed E-state index contributed by atoms with van der Waals surface area (Å²) in [6.07, 6.45) is 1.10. The fraction of sp³-hybridized carbons (Fsp3) is 0.571. The molecule has 1 aromatic rings. The van der Waals surface area contributed by atoms with Gasteiger partial charge in [0.25, 0.3) is 0 Å². The zero-order valence-corrected chi connectivity index (χ0v) is 12.2. The van der Waals surface area contributed by atoms with E-state index in [4.69, 9.17) is 22.4 Å². The minimum atomic E-state index is 0.229. The molecule has 3 N–H and O–H groups in total. The topological polar surface area (TPSA) is 52.7 Å². The standard InChI is InChI=1S/C14H22ClN3O/c1-11-9-13(16)12(15)10-14(11)18-4-2-3-17(5-6-18)7-8-19/h9-10,19H,2-8,16H2,1H3. The molecule has 1 aromatic carbocycles. The van der Waals surface area contributed by atoms with Gasteiger partial charge in [-0.2, -0.15) is 0 Å². The van der Waals surface area contributed by atoms with Crippen LogP contribution in [0.5, 0.6) is 0 Å². The number of benzene rings is 1. The van der Waals surface area contributed by atoms with E-state index in [1.54, 1.807) is 0 Å². The van der Waals surface area contributed by atoms with Crippen LogP contribution < -0.4 is 10.6 Å². The van der Waals surface area contributed by atoms with Gasteiger partial charge in [-0.05, 0) is 37.6 Å². The van der Waals surface area contributed by atoms with Gasteiger partial charge >= 0.3 is 0 Å². The maximum Gasteiger partial charge on any atom is 0.0656 e. The van der Waals surface area contributed by atoms with Crippen molar-refractivity contribution in [2.75, 3.05) is 50.0 Å². The second-order valence-corrected chi connectivity index (χ2v) is 5.47. The summed E-state index contributed by atoms with van der Waals surface area (Å²) < 4.78 is 0. The predicted molar refractivity (Wildman–Crippen MR) is 81.0 cm³/mol.